The van der Waals surface area contributed by atoms with E-state index in [4.69, 9.17) is 5.73 Å². The fraction of sp³-hybridized carbons (Fsp3) is 0.417. The lowest BCUT2D eigenvalue weighted by Gasteiger charge is -2.20. The molecule has 1 aromatic carbocycles. The zero-order valence-corrected chi connectivity index (χ0v) is 9.86. The van der Waals surface area contributed by atoms with Gasteiger partial charge in [0.15, 0.2) is 0 Å². The molecule has 88 valence electrons. The van der Waals surface area contributed by atoms with Crippen molar-refractivity contribution in [3.8, 4) is 0 Å². The molecule has 0 aliphatic heterocycles. The van der Waals surface area contributed by atoms with Gasteiger partial charge >= 0.3 is 0 Å². The van der Waals surface area contributed by atoms with E-state index < -0.39 is 0 Å². The zero-order chi connectivity index (χ0) is 12.0. The van der Waals surface area contributed by atoms with Crippen molar-refractivity contribution in [1.29, 1.82) is 0 Å². The molecule has 16 heavy (non-hydrogen) atoms. The number of nitrogens with two attached hydrogens (primary N) is 1. The van der Waals surface area contributed by atoms with Crippen LogP contribution in [-0.2, 0) is 4.79 Å². The van der Waals surface area contributed by atoms with E-state index in [2.05, 4.69) is 5.32 Å². The number of benzene rings is 1. The van der Waals surface area contributed by atoms with Crippen LogP contribution in [0.4, 0.5) is 11.4 Å². The van der Waals surface area contributed by atoms with E-state index in [9.17, 15) is 4.79 Å². The summed E-state index contributed by atoms with van der Waals surface area (Å²) < 4.78 is 0. The van der Waals surface area contributed by atoms with Crippen molar-refractivity contribution in [3.05, 3.63) is 24.3 Å². The van der Waals surface area contributed by atoms with Crippen molar-refractivity contribution in [1.82, 2.24) is 5.32 Å². The topological polar surface area (TPSA) is 58.4 Å². The Bertz CT molecular complexity index is 352. The van der Waals surface area contributed by atoms with E-state index in [1.165, 1.54) is 0 Å². The Morgan fingerprint density at radius 3 is 2.75 bits per heavy atom. The SMILES string of the molecule is CCCNC(=O)CN(C)c1ccccc1N. The average Bonchev–Trinajstić information content (AvgIpc) is 2.26. The van der Waals surface area contributed by atoms with Crippen molar-refractivity contribution in [2.24, 2.45) is 0 Å². The number of rotatable bonds is 5. The maximum absolute atomic E-state index is 11.5. The van der Waals surface area contributed by atoms with Crippen molar-refractivity contribution < 1.29 is 4.79 Å². The van der Waals surface area contributed by atoms with Crippen LogP contribution in [0.2, 0.25) is 0 Å². The Balaban J connectivity index is 2.55. The second-order valence-electron chi connectivity index (χ2n) is 3.76. The molecule has 0 saturated carbocycles. The van der Waals surface area contributed by atoms with Gasteiger partial charge in [0.2, 0.25) is 5.91 Å². The molecule has 1 aromatic rings. The third-order valence-electron chi connectivity index (χ3n) is 2.30. The highest BCUT2D eigenvalue weighted by Crippen LogP contribution is 2.20. The van der Waals surface area contributed by atoms with Crippen LogP contribution < -0.4 is 16.0 Å². The van der Waals surface area contributed by atoms with E-state index in [-0.39, 0.29) is 5.91 Å². The molecule has 0 bridgehead atoms. The van der Waals surface area contributed by atoms with Gasteiger partial charge in [-0.15, -0.1) is 0 Å². The Morgan fingerprint density at radius 2 is 2.12 bits per heavy atom. The summed E-state index contributed by atoms with van der Waals surface area (Å²) in [6, 6.07) is 7.52. The van der Waals surface area contributed by atoms with Crippen LogP contribution in [0.15, 0.2) is 24.3 Å². The molecule has 0 aliphatic rings. The third kappa shape index (κ3) is 3.46. The van der Waals surface area contributed by atoms with E-state index in [1.807, 2.05) is 43.1 Å². The number of likely N-dealkylation sites (N-methyl/N-ethyl adjacent to an activating group) is 1. The van der Waals surface area contributed by atoms with E-state index in [1.54, 1.807) is 0 Å². The fourth-order valence-corrected chi connectivity index (χ4v) is 1.46. The van der Waals surface area contributed by atoms with Crippen LogP contribution in [0.1, 0.15) is 13.3 Å². The average molecular weight is 221 g/mol. The molecule has 0 aromatic heterocycles. The predicted octanol–water partition coefficient (Wildman–Crippen LogP) is 1.23. The summed E-state index contributed by atoms with van der Waals surface area (Å²) in [6.45, 7) is 3.07. The molecule has 0 unspecified atom stereocenters. The molecule has 0 saturated heterocycles. The minimum atomic E-state index is 0.0209. The predicted molar refractivity (Wildman–Crippen MR) is 67.4 cm³/mol. The first-order valence-electron chi connectivity index (χ1n) is 5.47. The highest BCUT2D eigenvalue weighted by molar-refractivity contribution is 5.82. The molecule has 3 N–H and O–H groups in total. The highest BCUT2D eigenvalue weighted by atomic mass is 16.2. The van der Waals surface area contributed by atoms with Crippen LogP contribution in [0.3, 0.4) is 0 Å². The Hall–Kier alpha value is -1.71. The summed E-state index contributed by atoms with van der Waals surface area (Å²) in [7, 11) is 1.86. The van der Waals surface area contributed by atoms with Crippen LogP contribution in [0, 0.1) is 0 Å². The van der Waals surface area contributed by atoms with Gasteiger partial charge in [-0.1, -0.05) is 19.1 Å². The molecule has 1 rings (SSSR count). The van der Waals surface area contributed by atoms with Gasteiger partial charge < -0.3 is 16.0 Å². The van der Waals surface area contributed by atoms with Crippen LogP contribution in [0.5, 0.6) is 0 Å². The highest BCUT2D eigenvalue weighted by Gasteiger charge is 2.08. The molecule has 0 atom stereocenters. The van der Waals surface area contributed by atoms with Gasteiger partial charge in [0.25, 0.3) is 0 Å². The molecule has 0 heterocycles. The van der Waals surface area contributed by atoms with Gasteiger partial charge in [0.1, 0.15) is 0 Å². The molecular weight excluding hydrogens is 202 g/mol. The minimum Gasteiger partial charge on any atom is -0.397 e. The first-order chi connectivity index (χ1) is 7.65. The van der Waals surface area contributed by atoms with Crippen molar-refractivity contribution >= 4 is 17.3 Å². The maximum atomic E-state index is 11.5. The van der Waals surface area contributed by atoms with Crippen molar-refractivity contribution in [2.45, 2.75) is 13.3 Å². The minimum absolute atomic E-state index is 0.0209. The van der Waals surface area contributed by atoms with Crippen LogP contribution in [0.25, 0.3) is 0 Å². The number of anilines is 2. The lowest BCUT2D eigenvalue weighted by atomic mass is 10.2. The lowest BCUT2D eigenvalue weighted by molar-refractivity contribution is -0.119. The third-order valence-corrected chi connectivity index (χ3v) is 2.30. The Morgan fingerprint density at radius 1 is 1.44 bits per heavy atom. The normalized spacial score (nSPS) is 9.88. The first kappa shape index (κ1) is 12.4. The summed E-state index contributed by atoms with van der Waals surface area (Å²) in [5.74, 6) is 0.0209. The second kappa shape index (κ2) is 6.00. The van der Waals surface area contributed by atoms with Crippen LogP contribution >= 0.6 is 0 Å². The summed E-state index contributed by atoms with van der Waals surface area (Å²) >= 11 is 0. The molecule has 4 heteroatoms. The number of hydrogen-bond donors (Lipinski definition) is 2. The number of nitrogens with one attached hydrogen (secondary N) is 1. The van der Waals surface area contributed by atoms with Gasteiger partial charge in [-0.05, 0) is 18.6 Å². The number of hydrogen-bond acceptors (Lipinski definition) is 3. The number of carbonyl (C=O) groups excluding carboxylic acids is 1. The molecule has 0 aliphatic carbocycles. The van der Waals surface area contributed by atoms with Crippen molar-refractivity contribution in [3.63, 3.8) is 0 Å². The molecular formula is C12H19N3O. The van der Waals surface area contributed by atoms with Gasteiger partial charge in [0.05, 0.1) is 17.9 Å². The van der Waals surface area contributed by atoms with E-state index >= 15 is 0 Å². The number of nitrogen functional groups attached to an aromatic ring is 1. The van der Waals surface area contributed by atoms with Crippen molar-refractivity contribution in [2.75, 3.05) is 30.8 Å². The summed E-state index contributed by atoms with van der Waals surface area (Å²) in [6.07, 6.45) is 0.947. The van der Waals surface area contributed by atoms with E-state index in [0.29, 0.717) is 12.2 Å². The second-order valence-corrected chi connectivity index (χ2v) is 3.76. The standard InChI is InChI=1S/C12H19N3O/c1-3-8-14-12(16)9-15(2)11-7-5-4-6-10(11)13/h4-7H,3,8-9,13H2,1-2H3,(H,14,16). The Labute approximate surface area is 96.4 Å². The molecule has 0 fully saturated rings. The molecule has 0 spiro atoms. The summed E-state index contributed by atoms with van der Waals surface area (Å²) in [5, 5.41) is 2.83. The quantitative estimate of drug-likeness (QED) is 0.735. The summed E-state index contributed by atoms with van der Waals surface area (Å²) in [5.41, 5.74) is 7.40. The lowest BCUT2D eigenvalue weighted by Crippen LogP contribution is -2.35. The molecule has 4 nitrogen and oxygen atoms in total. The summed E-state index contributed by atoms with van der Waals surface area (Å²) in [4.78, 5) is 13.4. The number of para-hydroxylation sites is 2. The molecule has 0 radical (unpaired) electrons. The first-order valence-corrected chi connectivity index (χ1v) is 5.47. The Kier molecular flexibility index (Phi) is 4.64. The number of nitrogens with zero attached hydrogens (tertiary/aromatic N) is 1. The monoisotopic (exact) mass is 221 g/mol. The van der Waals surface area contributed by atoms with Crippen LogP contribution in [-0.4, -0.2) is 26.0 Å². The van der Waals surface area contributed by atoms with Gasteiger partial charge in [-0.25, -0.2) is 0 Å². The van der Waals surface area contributed by atoms with Gasteiger partial charge in [0, 0.05) is 13.6 Å². The van der Waals surface area contributed by atoms with Gasteiger partial charge in [-0.3, -0.25) is 4.79 Å². The number of carbonyl (C=O) groups is 1. The number of amides is 1. The van der Waals surface area contributed by atoms with E-state index in [0.717, 1.165) is 18.7 Å². The van der Waals surface area contributed by atoms with Gasteiger partial charge in [-0.2, -0.15) is 0 Å². The zero-order valence-electron chi connectivity index (χ0n) is 9.86. The molecule has 1 amide bonds. The smallest absolute Gasteiger partial charge is 0.239 e. The largest absolute Gasteiger partial charge is 0.397 e. The fourth-order valence-electron chi connectivity index (χ4n) is 1.46. The maximum Gasteiger partial charge on any atom is 0.239 e.